The van der Waals surface area contributed by atoms with E-state index in [1.807, 2.05) is 12.1 Å². The number of benzene rings is 1. The van der Waals surface area contributed by atoms with Gasteiger partial charge in [0, 0.05) is 38.3 Å². The molecule has 142 valence electrons. The molecule has 2 fully saturated rings. The fraction of sp³-hybridized carbons (Fsp3) is 0.450. The molecule has 7 heteroatoms. The van der Waals surface area contributed by atoms with E-state index in [-0.39, 0.29) is 23.8 Å². The van der Waals surface area contributed by atoms with Gasteiger partial charge in [0.1, 0.15) is 5.82 Å². The van der Waals surface area contributed by atoms with Crippen LogP contribution in [0.1, 0.15) is 43.0 Å². The average molecular weight is 369 g/mol. The Hall–Kier alpha value is -2.54. The topological polar surface area (TPSA) is 70.2 Å². The highest BCUT2D eigenvalue weighted by Crippen LogP contribution is 2.25. The zero-order valence-corrected chi connectivity index (χ0v) is 15.2. The smallest absolute Gasteiger partial charge is 0.225 e. The summed E-state index contributed by atoms with van der Waals surface area (Å²) in [6.07, 6.45) is 5.33. The van der Waals surface area contributed by atoms with E-state index in [2.05, 4.69) is 25.5 Å². The minimum Gasteiger partial charge on any atom is -0.348 e. The number of piperidine rings is 1. The zero-order valence-electron chi connectivity index (χ0n) is 15.2. The minimum absolute atomic E-state index is 0.000618. The highest BCUT2D eigenvalue weighted by molar-refractivity contribution is 5.77. The quantitative estimate of drug-likeness (QED) is 0.847. The molecule has 2 aromatic rings. The molecule has 0 bridgehead atoms. The monoisotopic (exact) mass is 369 g/mol. The molecule has 2 saturated heterocycles. The van der Waals surface area contributed by atoms with Gasteiger partial charge in [0.2, 0.25) is 11.9 Å². The van der Waals surface area contributed by atoms with E-state index in [0.717, 1.165) is 30.3 Å². The summed E-state index contributed by atoms with van der Waals surface area (Å²) >= 11 is 0. The van der Waals surface area contributed by atoms with Crippen LogP contribution in [0.15, 0.2) is 36.5 Å². The fourth-order valence-corrected chi connectivity index (χ4v) is 3.82. The van der Waals surface area contributed by atoms with Gasteiger partial charge in [-0.2, -0.15) is 0 Å². The van der Waals surface area contributed by atoms with Crippen LogP contribution in [0, 0.1) is 5.82 Å². The highest BCUT2D eigenvalue weighted by atomic mass is 19.1. The molecule has 0 saturated carbocycles. The maximum Gasteiger partial charge on any atom is 0.225 e. The predicted octanol–water partition coefficient (Wildman–Crippen LogP) is 2.33. The molecular weight excluding hydrogens is 345 g/mol. The van der Waals surface area contributed by atoms with Gasteiger partial charge in [0.05, 0.1) is 11.7 Å². The molecule has 6 nitrogen and oxygen atoms in total. The second-order valence-corrected chi connectivity index (χ2v) is 7.17. The largest absolute Gasteiger partial charge is 0.348 e. The zero-order chi connectivity index (χ0) is 18.6. The van der Waals surface area contributed by atoms with Crippen molar-refractivity contribution in [2.24, 2.45) is 0 Å². The van der Waals surface area contributed by atoms with Crippen LogP contribution in [0.5, 0.6) is 0 Å². The van der Waals surface area contributed by atoms with Crippen LogP contribution in [0.4, 0.5) is 10.3 Å². The number of anilines is 1. The Kier molecular flexibility index (Phi) is 5.29. The third-order valence-corrected chi connectivity index (χ3v) is 5.24. The number of carbonyl (C=O) groups excluding carboxylic acids is 1. The van der Waals surface area contributed by atoms with Crippen molar-refractivity contribution in [1.82, 2.24) is 20.6 Å². The van der Waals surface area contributed by atoms with Gasteiger partial charge in [-0.05, 0) is 43.0 Å². The first-order valence-electron chi connectivity index (χ1n) is 9.54. The van der Waals surface area contributed by atoms with E-state index in [1.54, 1.807) is 12.3 Å². The fourth-order valence-electron chi connectivity index (χ4n) is 3.82. The third kappa shape index (κ3) is 4.24. The van der Waals surface area contributed by atoms with Gasteiger partial charge in [-0.25, -0.2) is 14.4 Å². The van der Waals surface area contributed by atoms with Crippen LogP contribution in [-0.4, -0.2) is 35.0 Å². The summed E-state index contributed by atoms with van der Waals surface area (Å²) in [5.74, 6) is 0.489. The van der Waals surface area contributed by atoms with E-state index in [4.69, 9.17) is 0 Å². The Morgan fingerprint density at radius 1 is 1.26 bits per heavy atom. The van der Waals surface area contributed by atoms with Gasteiger partial charge in [-0.1, -0.05) is 12.1 Å². The number of carbonyl (C=O) groups is 1. The van der Waals surface area contributed by atoms with Crippen LogP contribution < -0.4 is 15.5 Å². The number of halogens is 1. The Labute approximate surface area is 158 Å². The van der Waals surface area contributed by atoms with E-state index in [0.29, 0.717) is 19.4 Å². The van der Waals surface area contributed by atoms with Gasteiger partial charge in [0.15, 0.2) is 0 Å². The van der Waals surface area contributed by atoms with Crippen molar-refractivity contribution in [2.75, 3.05) is 18.0 Å². The van der Waals surface area contributed by atoms with E-state index in [9.17, 15) is 9.18 Å². The molecule has 4 rings (SSSR count). The lowest BCUT2D eigenvalue weighted by atomic mass is 9.92. The van der Waals surface area contributed by atoms with E-state index in [1.165, 1.54) is 25.0 Å². The van der Waals surface area contributed by atoms with Gasteiger partial charge >= 0.3 is 0 Å². The highest BCUT2D eigenvalue weighted by Gasteiger charge is 2.30. The van der Waals surface area contributed by atoms with Crippen LogP contribution in [-0.2, 0) is 11.3 Å². The lowest BCUT2D eigenvalue weighted by Crippen LogP contribution is -2.48. The van der Waals surface area contributed by atoms with Crippen molar-refractivity contribution >= 4 is 11.9 Å². The molecule has 1 aromatic heterocycles. The van der Waals surface area contributed by atoms with Crippen LogP contribution >= 0.6 is 0 Å². The number of nitrogens with zero attached hydrogens (tertiary/aromatic N) is 3. The maximum atomic E-state index is 13.6. The summed E-state index contributed by atoms with van der Waals surface area (Å²) in [5, 5.41) is 6.49. The standard InChI is InChI=1S/C20H24FN5O/c21-15-5-3-4-14(12-15)19-17(6-7-18(27)25-19)23-13-16-8-9-22-20(24-16)26-10-1-2-11-26/h3-5,8-9,12,17,19,23H,1-2,6-7,10-11,13H2,(H,25,27)/t17-,19+/m1/s1. The molecule has 0 aliphatic carbocycles. The number of amides is 1. The Balaban J connectivity index is 1.45. The van der Waals surface area contributed by atoms with E-state index >= 15 is 0 Å². The molecule has 1 amide bonds. The number of hydrogen-bond donors (Lipinski definition) is 2. The Morgan fingerprint density at radius 3 is 2.93 bits per heavy atom. The number of rotatable bonds is 5. The molecule has 2 atom stereocenters. The van der Waals surface area contributed by atoms with Crippen LogP contribution in [0.3, 0.4) is 0 Å². The van der Waals surface area contributed by atoms with Crippen molar-refractivity contribution in [3.05, 3.63) is 53.6 Å². The number of nitrogens with one attached hydrogen (secondary N) is 2. The number of hydrogen-bond acceptors (Lipinski definition) is 5. The van der Waals surface area contributed by atoms with Crippen molar-refractivity contribution in [3.8, 4) is 0 Å². The normalized spacial score (nSPS) is 22.7. The molecule has 0 spiro atoms. The van der Waals surface area contributed by atoms with Crippen LogP contribution in [0.25, 0.3) is 0 Å². The number of aromatic nitrogens is 2. The second-order valence-electron chi connectivity index (χ2n) is 7.17. The lowest BCUT2D eigenvalue weighted by molar-refractivity contribution is -0.123. The van der Waals surface area contributed by atoms with Crippen LogP contribution in [0.2, 0.25) is 0 Å². The first-order chi connectivity index (χ1) is 13.2. The summed E-state index contributed by atoms with van der Waals surface area (Å²) in [6, 6.07) is 8.11. The molecule has 0 unspecified atom stereocenters. The first-order valence-corrected chi connectivity index (χ1v) is 9.54. The van der Waals surface area contributed by atoms with Gasteiger partial charge in [-0.15, -0.1) is 0 Å². The van der Waals surface area contributed by atoms with Gasteiger partial charge < -0.3 is 15.5 Å². The Morgan fingerprint density at radius 2 is 2.11 bits per heavy atom. The average Bonchev–Trinajstić information content (AvgIpc) is 3.22. The molecule has 2 aliphatic heterocycles. The molecular formula is C20H24FN5O. The lowest BCUT2D eigenvalue weighted by Gasteiger charge is -2.33. The van der Waals surface area contributed by atoms with Crippen molar-refractivity contribution in [2.45, 2.75) is 44.3 Å². The summed E-state index contributed by atoms with van der Waals surface area (Å²) in [4.78, 5) is 23.2. The molecule has 27 heavy (non-hydrogen) atoms. The molecule has 3 heterocycles. The first kappa shape index (κ1) is 17.9. The molecule has 0 radical (unpaired) electrons. The summed E-state index contributed by atoms with van der Waals surface area (Å²) in [6.45, 7) is 2.59. The maximum absolute atomic E-state index is 13.6. The van der Waals surface area contributed by atoms with Crippen molar-refractivity contribution in [3.63, 3.8) is 0 Å². The van der Waals surface area contributed by atoms with Crippen molar-refractivity contribution < 1.29 is 9.18 Å². The van der Waals surface area contributed by atoms with E-state index < -0.39 is 0 Å². The molecule has 2 N–H and O–H groups in total. The second kappa shape index (κ2) is 8.00. The van der Waals surface area contributed by atoms with Gasteiger partial charge in [0.25, 0.3) is 0 Å². The molecule has 2 aliphatic rings. The van der Waals surface area contributed by atoms with Gasteiger partial charge in [-0.3, -0.25) is 4.79 Å². The summed E-state index contributed by atoms with van der Waals surface area (Å²) in [5.41, 5.74) is 1.70. The van der Waals surface area contributed by atoms with Crippen molar-refractivity contribution in [1.29, 1.82) is 0 Å². The summed E-state index contributed by atoms with van der Waals surface area (Å²) in [7, 11) is 0. The minimum atomic E-state index is -0.294. The predicted molar refractivity (Wildman–Crippen MR) is 101 cm³/mol. The Bertz CT molecular complexity index is 808. The molecule has 1 aromatic carbocycles. The summed E-state index contributed by atoms with van der Waals surface area (Å²) < 4.78 is 13.6. The third-order valence-electron chi connectivity index (χ3n) is 5.24. The SMILES string of the molecule is O=C1CC[C@@H](NCc2ccnc(N3CCCC3)n2)[C@H](c2cccc(F)c2)N1.